The fourth-order valence-electron chi connectivity index (χ4n) is 3.04. The number of benzene rings is 3. The molecule has 0 spiro atoms. The van der Waals surface area contributed by atoms with E-state index < -0.39 is 29.1 Å². The number of halogens is 4. The first kappa shape index (κ1) is 22.7. The Bertz CT molecular complexity index is 999. The van der Waals surface area contributed by atoms with E-state index in [1.54, 1.807) is 36.4 Å². The van der Waals surface area contributed by atoms with E-state index in [4.69, 9.17) is 4.74 Å². The lowest BCUT2D eigenvalue weighted by atomic mass is 10.1. The summed E-state index contributed by atoms with van der Waals surface area (Å²) in [6.07, 6.45) is -0.668. The fraction of sp³-hybridized carbons (Fsp3) is 0.280. The predicted molar refractivity (Wildman–Crippen MR) is 111 cm³/mol. The summed E-state index contributed by atoms with van der Waals surface area (Å²) in [7, 11) is 0. The molecular weight excluding hydrogens is 408 g/mol. The minimum atomic E-state index is -4.25. The van der Waals surface area contributed by atoms with Crippen molar-refractivity contribution >= 4 is 0 Å². The smallest absolute Gasteiger partial charge is 0.432 e. The maximum absolute atomic E-state index is 14.8. The maximum atomic E-state index is 14.8. The molecule has 0 aliphatic rings. The van der Waals surface area contributed by atoms with Gasteiger partial charge in [0, 0.05) is 6.07 Å². The van der Waals surface area contributed by atoms with Gasteiger partial charge in [-0.3, -0.25) is 0 Å². The van der Waals surface area contributed by atoms with Gasteiger partial charge in [-0.25, -0.2) is 8.78 Å². The van der Waals surface area contributed by atoms with Crippen LogP contribution in [0.25, 0.3) is 0 Å². The molecule has 31 heavy (non-hydrogen) atoms. The molecule has 0 unspecified atom stereocenters. The van der Waals surface area contributed by atoms with E-state index in [1.807, 2.05) is 6.92 Å². The molecule has 0 saturated heterocycles. The molecule has 0 aromatic heterocycles. The van der Waals surface area contributed by atoms with Crippen molar-refractivity contribution in [1.82, 2.24) is 0 Å². The highest BCUT2D eigenvalue weighted by atomic mass is 19.3. The van der Waals surface area contributed by atoms with E-state index in [0.29, 0.717) is 6.07 Å². The van der Waals surface area contributed by atoms with E-state index in [-0.39, 0.29) is 11.5 Å². The molecule has 0 fully saturated rings. The third-order valence-electron chi connectivity index (χ3n) is 4.82. The zero-order valence-electron chi connectivity index (χ0n) is 17.4. The highest BCUT2D eigenvalue weighted by Crippen LogP contribution is 2.38. The molecule has 0 aliphatic heterocycles. The molecule has 6 heteroatoms. The van der Waals surface area contributed by atoms with Crippen molar-refractivity contribution in [3.8, 4) is 17.2 Å². The number of aryl methyl sites for hydroxylation is 2. The third kappa shape index (κ3) is 5.57. The van der Waals surface area contributed by atoms with Gasteiger partial charge in [-0.15, -0.1) is 0 Å². The number of hydrogen-bond donors (Lipinski definition) is 0. The zero-order valence-corrected chi connectivity index (χ0v) is 17.4. The molecule has 0 N–H and O–H groups in total. The van der Waals surface area contributed by atoms with Crippen LogP contribution in [0, 0.1) is 17.7 Å². The van der Waals surface area contributed by atoms with Crippen molar-refractivity contribution in [2.24, 2.45) is 0 Å². The normalized spacial score (nSPS) is 11.4. The van der Waals surface area contributed by atoms with E-state index in [2.05, 4.69) is 17.7 Å². The molecule has 3 aromatic carbocycles. The number of unbranched alkanes of at least 4 members (excludes halogenated alkanes) is 1. The van der Waals surface area contributed by atoms with E-state index >= 15 is 0 Å². The number of hydrogen-bond acceptors (Lipinski definition) is 2. The summed E-state index contributed by atoms with van der Waals surface area (Å²) >= 11 is 0. The van der Waals surface area contributed by atoms with Crippen LogP contribution in [-0.4, -0.2) is 0 Å². The van der Waals surface area contributed by atoms with Gasteiger partial charge in [-0.1, -0.05) is 44.5 Å². The molecular formula is C25H23F4O2. The molecule has 1 radical (unpaired) electrons. The largest absolute Gasteiger partial charge is 0.454 e. The van der Waals surface area contributed by atoms with Crippen molar-refractivity contribution in [2.75, 3.05) is 0 Å². The molecule has 0 saturated carbocycles. The number of ether oxygens (including phenoxy) is 2. The van der Waals surface area contributed by atoms with Crippen LogP contribution < -0.4 is 9.47 Å². The third-order valence-corrected chi connectivity index (χ3v) is 4.82. The number of rotatable bonds is 9. The molecule has 0 bridgehead atoms. The topological polar surface area (TPSA) is 18.5 Å². The standard InChI is InChI=1S/C25H23F4O2/c1-3-5-6-18-9-13-20(14-10-18)31-25(28,29)23-21(26)15-16-22(24(23)27)30-19-11-7-17(4-2)8-12-19/h7-15H,3-6H2,1-2H3. The van der Waals surface area contributed by atoms with Gasteiger partial charge in [0.1, 0.15) is 22.9 Å². The van der Waals surface area contributed by atoms with Gasteiger partial charge >= 0.3 is 6.11 Å². The highest BCUT2D eigenvalue weighted by Gasteiger charge is 2.42. The first-order chi connectivity index (χ1) is 14.8. The summed E-state index contributed by atoms with van der Waals surface area (Å²) in [6, 6.07) is 15.5. The Balaban J connectivity index is 1.83. The van der Waals surface area contributed by atoms with Crippen LogP contribution in [0.4, 0.5) is 17.6 Å². The van der Waals surface area contributed by atoms with Crippen molar-refractivity contribution in [1.29, 1.82) is 0 Å². The lowest BCUT2D eigenvalue weighted by Gasteiger charge is -2.20. The van der Waals surface area contributed by atoms with E-state index in [1.165, 1.54) is 12.1 Å². The first-order valence-corrected chi connectivity index (χ1v) is 10.2. The summed E-state index contributed by atoms with van der Waals surface area (Å²) in [6.45, 7) is 4.02. The molecule has 0 amide bonds. The molecule has 0 aliphatic carbocycles. The second kappa shape index (κ2) is 9.86. The monoisotopic (exact) mass is 431 g/mol. The average molecular weight is 431 g/mol. The Morgan fingerprint density at radius 1 is 0.871 bits per heavy atom. The zero-order chi connectivity index (χ0) is 22.4. The van der Waals surface area contributed by atoms with Gasteiger partial charge in [0.25, 0.3) is 0 Å². The summed E-state index contributed by atoms with van der Waals surface area (Å²) in [4.78, 5) is 0. The summed E-state index contributed by atoms with van der Waals surface area (Å²) in [5, 5.41) is 0. The molecule has 3 rings (SSSR count). The molecule has 2 nitrogen and oxygen atoms in total. The average Bonchev–Trinajstić information content (AvgIpc) is 2.75. The van der Waals surface area contributed by atoms with Gasteiger partial charge in [0.2, 0.25) is 0 Å². The molecule has 0 atom stereocenters. The van der Waals surface area contributed by atoms with Crippen molar-refractivity contribution < 1.29 is 27.0 Å². The molecule has 3 aromatic rings. The lowest BCUT2D eigenvalue weighted by molar-refractivity contribution is -0.189. The van der Waals surface area contributed by atoms with Crippen molar-refractivity contribution in [3.05, 3.63) is 89.0 Å². The van der Waals surface area contributed by atoms with Gasteiger partial charge in [0.05, 0.1) is 0 Å². The van der Waals surface area contributed by atoms with Crippen LogP contribution in [0.15, 0.2) is 54.6 Å². The Morgan fingerprint density at radius 3 is 2.10 bits per heavy atom. The quantitative estimate of drug-likeness (QED) is 0.325. The Hall–Kier alpha value is -3.02. The minimum absolute atomic E-state index is 0.200. The minimum Gasteiger partial charge on any atom is -0.454 e. The van der Waals surface area contributed by atoms with E-state index in [0.717, 1.165) is 36.8 Å². The van der Waals surface area contributed by atoms with Crippen LogP contribution in [0.3, 0.4) is 0 Å². The summed E-state index contributed by atoms with van der Waals surface area (Å²) in [5.74, 6) is -3.66. The van der Waals surface area contributed by atoms with Gasteiger partial charge in [-0.05, 0) is 60.7 Å². The Labute approximate surface area is 179 Å². The summed E-state index contributed by atoms with van der Waals surface area (Å²) in [5.41, 5.74) is 0.465. The maximum Gasteiger partial charge on any atom is 0.432 e. The van der Waals surface area contributed by atoms with Crippen LogP contribution in [0.5, 0.6) is 17.2 Å². The van der Waals surface area contributed by atoms with Crippen LogP contribution in [0.2, 0.25) is 0 Å². The second-order valence-electron chi connectivity index (χ2n) is 7.12. The highest BCUT2D eigenvalue weighted by molar-refractivity contribution is 5.38. The van der Waals surface area contributed by atoms with Crippen molar-refractivity contribution in [3.63, 3.8) is 0 Å². The van der Waals surface area contributed by atoms with E-state index in [9.17, 15) is 17.6 Å². The lowest BCUT2D eigenvalue weighted by Crippen LogP contribution is -2.25. The van der Waals surface area contributed by atoms with Gasteiger partial charge in [-0.2, -0.15) is 8.78 Å². The van der Waals surface area contributed by atoms with Gasteiger partial charge in [0.15, 0.2) is 11.6 Å². The Morgan fingerprint density at radius 2 is 1.48 bits per heavy atom. The Kier molecular flexibility index (Phi) is 7.21. The summed E-state index contributed by atoms with van der Waals surface area (Å²) < 4.78 is 68.4. The SMILES string of the molecule is CCCCc1ccc(OC(F)(F)c2c(F)c[c]c(Oc3ccc(CC)cc3)c2F)cc1. The predicted octanol–water partition coefficient (Wildman–Crippen LogP) is 7.59. The van der Waals surface area contributed by atoms with Crippen molar-refractivity contribution in [2.45, 2.75) is 45.6 Å². The molecule has 163 valence electrons. The first-order valence-electron chi connectivity index (χ1n) is 10.2. The number of alkyl halides is 2. The fourth-order valence-corrected chi connectivity index (χ4v) is 3.04. The second-order valence-corrected chi connectivity index (χ2v) is 7.12. The van der Waals surface area contributed by atoms with Crippen LogP contribution >= 0.6 is 0 Å². The van der Waals surface area contributed by atoms with Gasteiger partial charge < -0.3 is 9.47 Å². The molecule has 0 heterocycles. The van der Waals surface area contributed by atoms with Crippen LogP contribution in [0.1, 0.15) is 43.4 Å². The van der Waals surface area contributed by atoms with Crippen LogP contribution in [-0.2, 0) is 19.0 Å².